The van der Waals surface area contributed by atoms with Crippen molar-refractivity contribution in [2.75, 3.05) is 20.1 Å². The summed E-state index contributed by atoms with van der Waals surface area (Å²) < 4.78 is 0. The molecule has 4 nitrogen and oxygen atoms in total. The van der Waals surface area contributed by atoms with E-state index in [4.69, 9.17) is 10.8 Å². The normalized spacial score (nSPS) is 27.1. The lowest BCUT2D eigenvalue weighted by Gasteiger charge is -2.32. The molecule has 1 rings (SSSR count). The van der Waals surface area contributed by atoms with E-state index < -0.39 is 5.97 Å². The Bertz CT molecular complexity index is 184. The first-order chi connectivity index (χ1) is 6.09. The van der Waals surface area contributed by atoms with E-state index >= 15 is 0 Å². The molecule has 76 valence electrons. The SMILES string of the molecule is CN1CCCC(C(N)CC(=O)O)C1. The first kappa shape index (κ1) is 10.5. The maximum Gasteiger partial charge on any atom is 0.304 e. The van der Waals surface area contributed by atoms with E-state index in [0.29, 0.717) is 5.92 Å². The highest BCUT2D eigenvalue weighted by Crippen LogP contribution is 2.18. The third kappa shape index (κ3) is 3.32. The Morgan fingerprint density at radius 3 is 3.00 bits per heavy atom. The summed E-state index contributed by atoms with van der Waals surface area (Å²) in [6.45, 7) is 2.05. The van der Waals surface area contributed by atoms with Gasteiger partial charge in [-0.05, 0) is 32.4 Å². The molecule has 0 bridgehead atoms. The molecule has 3 N–H and O–H groups in total. The van der Waals surface area contributed by atoms with E-state index in [0.717, 1.165) is 25.9 Å². The molecule has 1 aliphatic rings. The molecular weight excluding hydrogens is 168 g/mol. The van der Waals surface area contributed by atoms with Crippen molar-refractivity contribution in [3.8, 4) is 0 Å². The van der Waals surface area contributed by atoms with E-state index in [-0.39, 0.29) is 12.5 Å². The number of rotatable bonds is 3. The minimum absolute atomic E-state index is 0.0957. The van der Waals surface area contributed by atoms with Gasteiger partial charge >= 0.3 is 5.97 Å². The number of piperidine rings is 1. The molecule has 0 radical (unpaired) electrons. The van der Waals surface area contributed by atoms with Crippen LogP contribution in [0.1, 0.15) is 19.3 Å². The van der Waals surface area contributed by atoms with Gasteiger partial charge in [-0.3, -0.25) is 4.79 Å². The van der Waals surface area contributed by atoms with Gasteiger partial charge in [0.15, 0.2) is 0 Å². The lowest BCUT2D eigenvalue weighted by atomic mass is 9.90. The standard InChI is InChI=1S/C9H18N2O2/c1-11-4-2-3-7(6-11)8(10)5-9(12)13/h7-8H,2-6,10H2,1H3,(H,12,13). The summed E-state index contributed by atoms with van der Waals surface area (Å²) >= 11 is 0. The lowest BCUT2D eigenvalue weighted by molar-refractivity contribution is -0.137. The Balaban J connectivity index is 2.36. The third-order valence-corrected chi connectivity index (χ3v) is 2.68. The highest BCUT2D eigenvalue weighted by atomic mass is 16.4. The largest absolute Gasteiger partial charge is 0.481 e. The fourth-order valence-corrected chi connectivity index (χ4v) is 1.92. The van der Waals surface area contributed by atoms with Gasteiger partial charge in [-0.25, -0.2) is 0 Å². The average molecular weight is 186 g/mol. The molecule has 1 fully saturated rings. The van der Waals surface area contributed by atoms with Crippen LogP contribution in [0.15, 0.2) is 0 Å². The Labute approximate surface area is 78.7 Å². The molecule has 2 atom stereocenters. The quantitative estimate of drug-likeness (QED) is 0.657. The number of hydrogen-bond donors (Lipinski definition) is 2. The Morgan fingerprint density at radius 1 is 1.77 bits per heavy atom. The van der Waals surface area contributed by atoms with Crippen LogP contribution < -0.4 is 5.73 Å². The molecule has 0 aromatic carbocycles. The second-order valence-corrected chi connectivity index (χ2v) is 3.93. The van der Waals surface area contributed by atoms with Crippen molar-refractivity contribution in [3.05, 3.63) is 0 Å². The molecule has 13 heavy (non-hydrogen) atoms. The summed E-state index contributed by atoms with van der Waals surface area (Å²) in [5.41, 5.74) is 5.80. The predicted octanol–water partition coefficient (Wildman–Crippen LogP) is 0.130. The molecule has 0 saturated carbocycles. The molecule has 0 amide bonds. The fraction of sp³-hybridized carbons (Fsp3) is 0.889. The van der Waals surface area contributed by atoms with Crippen molar-refractivity contribution >= 4 is 5.97 Å². The van der Waals surface area contributed by atoms with Gasteiger partial charge in [0.1, 0.15) is 0 Å². The molecule has 2 unspecified atom stereocenters. The molecule has 0 aromatic rings. The van der Waals surface area contributed by atoms with Crippen LogP contribution in [0.2, 0.25) is 0 Å². The fourth-order valence-electron chi connectivity index (χ4n) is 1.92. The Hall–Kier alpha value is -0.610. The van der Waals surface area contributed by atoms with Crippen molar-refractivity contribution in [2.24, 2.45) is 11.7 Å². The second-order valence-electron chi connectivity index (χ2n) is 3.93. The van der Waals surface area contributed by atoms with Crippen LogP contribution in [0.5, 0.6) is 0 Å². The first-order valence-electron chi connectivity index (χ1n) is 4.75. The van der Waals surface area contributed by atoms with Gasteiger partial charge in [-0.15, -0.1) is 0 Å². The van der Waals surface area contributed by atoms with Crippen molar-refractivity contribution in [2.45, 2.75) is 25.3 Å². The maximum absolute atomic E-state index is 10.4. The van der Waals surface area contributed by atoms with Gasteiger partial charge in [0.2, 0.25) is 0 Å². The zero-order valence-electron chi connectivity index (χ0n) is 8.07. The van der Waals surface area contributed by atoms with Crippen LogP contribution in [-0.4, -0.2) is 42.2 Å². The second kappa shape index (κ2) is 4.58. The molecule has 0 aromatic heterocycles. The van der Waals surface area contributed by atoms with Gasteiger partial charge in [0.25, 0.3) is 0 Å². The van der Waals surface area contributed by atoms with Crippen molar-refractivity contribution in [1.82, 2.24) is 4.90 Å². The highest BCUT2D eigenvalue weighted by Gasteiger charge is 2.24. The smallest absolute Gasteiger partial charge is 0.304 e. The van der Waals surface area contributed by atoms with Crippen LogP contribution in [0.3, 0.4) is 0 Å². The van der Waals surface area contributed by atoms with Crippen LogP contribution in [0.4, 0.5) is 0 Å². The average Bonchev–Trinajstić information content (AvgIpc) is 2.03. The molecule has 1 aliphatic heterocycles. The minimum atomic E-state index is -0.791. The van der Waals surface area contributed by atoms with Gasteiger partial charge in [-0.1, -0.05) is 0 Å². The Kier molecular flexibility index (Phi) is 3.69. The monoisotopic (exact) mass is 186 g/mol. The summed E-state index contributed by atoms with van der Waals surface area (Å²) in [5, 5.41) is 8.59. The summed E-state index contributed by atoms with van der Waals surface area (Å²) in [5.74, 6) is -0.435. The lowest BCUT2D eigenvalue weighted by Crippen LogP contribution is -2.42. The number of carboxylic acid groups (broad SMARTS) is 1. The van der Waals surface area contributed by atoms with Gasteiger partial charge in [-0.2, -0.15) is 0 Å². The molecule has 0 aliphatic carbocycles. The van der Waals surface area contributed by atoms with E-state index in [1.54, 1.807) is 0 Å². The zero-order chi connectivity index (χ0) is 9.84. The highest BCUT2D eigenvalue weighted by molar-refractivity contribution is 5.67. The van der Waals surface area contributed by atoms with E-state index in [2.05, 4.69) is 11.9 Å². The van der Waals surface area contributed by atoms with Crippen molar-refractivity contribution in [3.63, 3.8) is 0 Å². The topological polar surface area (TPSA) is 66.6 Å². The number of carboxylic acids is 1. The van der Waals surface area contributed by atoms with E-state index in [1.165, 1.54) is 0 Å². The molecule has 1 heterocycles. The number of nitrogens with zero attached hydrogens (tertiary/aromatic N) is 1. The number of likely N-dealkylation sites (tertiary alicyclic amines) is 1. The summed E-state index contributed by atoms with van der Waals surface area (Å²) in [4.78, 5) is 12.7. The van der Waals surface area contributed by atoms with Crippen LogP contribution >= 0.6 is 0 Å². The zero-order valence-corrected chi connectivity index (χ0v) is 8.07. The molecule has 1 saturated heterocycles. The number of hydrogen-bond acceptors (Lipinski definition) is 3. The molecular formula is C9H18N2O2. The third-order valence-electron chi connectivity index (χ3n) is 2.68. The Morgan fingerprint density at radius 2 is 2.46 bits per heavy atom. The number of nitrogens with two attached hydrogens (primary N) is 1. The maximum atomic E-state index is 10.4. The minimum Gasteiger partial charge on any atom is -0.481 e. The first-order valence-corrected chi connectivity index (χ1v) is 4.75. The van der Waals surface area contributed by atoms with Gasteiger partial charge in [0.05, 0.1) is 6.42 Å². The van der Waals surface area contributed by atoms with Gasteiger partial charge < -0.3 is 15.7 Å². The van der Waals surface area contributed by atoms with Crippen LogP contribution in [0.25, 0.3) is 0 Å². The van der Waals surface area contributed by atoms with Crippen molar-refractivity contribution < 1.29 is 9.90 Å². The van der Waals surface area contributed by atoms with E-state index in [9.17, 15) is 4.79 Å². The predicted molar refractivity (Wildman–Crippen MR) is 50.4 cm³/mol. The number of aliphatic carboxylic acids is 1. The van der Waals surface area contributed by atoms with Gasteiger partial charge in [0, 0.05) is 12.6 Å². The van der Waals surface area contributed by atoms with E-state index in [1.807, 2.05) is 0 Å². The van der Waals surface area contributed by atoms with Crippen molar-refractivity contribution in [1.29, 1.82) is 0 Å². The molecule has 4 heteroatoms. The van der Waals surface area contributed by atoms with Crippen LogP contribution in [0, 0.1) is 5.92 Å². The molecule has 0 spiro atoms. The number of carbonyl (C=O) groups is 1. The summed E-state index contributed by atoms with van der Waals surface area (Å²) in [6.07, 6.45) is 2.30. The summed E-state index contributed by atoms with van der Waals surface area (Å²) in [7, 11) is 2.06. The summed E-state index contributed by atoms with van der Waals surface area (Å²) in [6, 6.07) is -0.180. The van der Waals surface area contributed by atoms with Crippen LogP contribution in [-0.2, 0) is 4.79 Å².